The first-order valence-electron chi connectivity index (χ1n) is 4.44. The zero-order valence-corrected chi connectivity index (χ0v) is 9.48. The molecule has 0 spiro atoms. The summed E-state index contributed by atoms with van der Waals surface area (Å²) >= 11 is 3.41. The summed E-state index contributed by atoms with van der Waals surface area (Å²) in [7, 11) is 0. The van der Waals surface area contributed by atoms with Crippen LogP contribution >= 0.6 is 15.9 Å². The molecule has 2 aromatic heterocycles. The molecule has 0 aliphatic heterocycles. The maximum atomic E-state index is 5.51. The first kappa shape index (κ1) is 10.2. The van der Waals surface area contributed by atoms with Crippen molar-refractivity contribution in [1.82, 2.24) is 15.0 Å². The largest absolute Gasteiger partial charge is 0.325 e. The van der Waals surface area contributed by atoms with E-state index in [0.717, 1.165) is 15.9 Å². The molecular weight excluding hydrogens is 256 g/mol. The quantitative estimate of drug-likeness (QED) is 0.898. The Morgan fingerprint density at radius 2 is 2.07 bits per heavy atom. The van der Waals surface area contributed by atoms with E-state index in [4.69, 9.17) is 5.73 Å². The van der Waals surface area contributed by atoms with Crippen LogP contribution in [-0.4, -0.2) is 15.0 Å². The molecule has 5 heteroatoms. The predicted molar refractivity (Wildman–Crippen MR) is 60.9 cm³/mol. The van der Waals surface area contributed by atoms with Crippen molar-refractivity contribution >= 4 is 15.9 Å². The van der Waals surface area contributed by atoms with E-state index >= 15 is 0 Å². The summed E-state index contributed by atoms with van der Waals surface area (Å²) in [4.78, 5) is 12.7. The summed E-state index contributed by atoms with van der Waals surface area (Å²) in [6.07, 6.45) is 3.39. The van der Waals surface area contributed by atoms with Crippen LogP contribution in [-0.2, 0) is 6.54 Å². The van der Waals surface area contributed by atoms with E-state index in [9.17, 15) is 0 Å². The molecule has 76 valence electrons. The lowest BCUT2D eigenvalue weighted by molar-refractivity contribution is 0.964. The number of aromatic nitrogens is 3. The monoisotopic (exact) mass is 264 g/mol. The van der Waals surface area contributed by atoms with E-state index in [0.29, 0.717) is 12.4 Å². The van der Waals surface area contributed by atoms with Gasteiger partial charge in [0.1, 0.15) is 5.69 Å². The van der Waals surface area contributed by atoms with Crippen LogP contribution in [0.2, 0.25) is 0 Å². The Kier molecular flexibility index (Phi) is 3.03. The smallest absolute Gasteiger partial charge is 0.179 e. The Morgan fingerprint density at radius 1 is 1.20 bits per heavy atom. The molecule has 0 bridgehead atoms. The van der Waals surface area contributed by atoms with E-state index in [1.54, 1.807) is 18.5 Å². The van der Waals surface area contributed by atoms with Gasteiger partial charge >= 0.3 is 0 Å². The minimum atomic E-state index is 0.403. The fraction of sp³-hybridized carbons (Fsp3) is 0.100. The van der Waals surface area contributed by atoms with Crippen molar-refractivity contribution in [3.8, 4) is 11.5 Å². The van der Waals surface area contributed by atoms with Gasteiger partial charge < -0.3 is 5.73 Å². The summed E-state index contributed by atoms with van der Waals surface area (Å²) in [6.45, 7) is 0.403. The second-order valence-corrected chi connectivity index (χ2v) is 3.76. The Morgan fingerprint density at radius 3 is 2.80 bits per heavy atom. The lowest BCUT2D eigenvalue weighted by atomic mass is 10.3. The predicted octanol–water partition coefficient (Wildman–Crippen LogP) is 1.76. The summed E-state index contributed by atoms with van der Waals surface area (Å²) in [5.41, 5.74) is 7.05. The van der Waals surface area contributed by atoms with Crippen molar-refractivity contribution in [3.63, 3.8) is 0 Å². The zero-order valence-electron chi connectivity index (χ0n) is 7.89. The summed E-state index contributed by atoms with van der Waals surface area (Å²) in [5.74, 6) is 0.588. The van der Waals surface area contributed by atoms with Crippen molar-refractivity contribution in [3.05, 3.63) is 40.8 Å². The molecule has 0 saturated carbocycles. The maximum absolute atomic E-state index is 5.51. The minimum Gasteiger partial charge on any atom is -0.325 e. The second-order valence-electron chi connectivity index (χ2n) is 2.91. The molecule has 0 aliphatic rings. The van der Waals surface area contributed by atoms with E-state index in [-0.39, 0.29) is 0 Å². The molecule has 0 amide bonds. The normalized spacial score (nSPS) is 10.3. The fourth-order valence-electron chi connectivity index (χ4n) is 1.17. The Labute approximate surface area is 95.7 Å². The third-order valence-electron chi connectivity index (χ3n) is 1.89. The number of hydrogen-bond donors (Lipinski definition) is 1. The van der Waals surface area contributed by atoms with Crippen molar-refractivity contribution in [2.24, 2.45) is 5.73 Å². The van der Waals surface area contributed by atoms with Gasteiger partial charge in [0.15, 0.2) is 5.82 Å². The Hall–Kier alpha value is -1.33. The number of halogens is 1. The molecule has 0 aliphatic carbocycles. The first-order valence-corrected chi connectivity index (χ1v) is 5.23. The molecule has 2 heterocycles. The highest BCUT2D eigenvalue weighted by atomic mass is 79.9. The number of hydrogen-bond acceptors (Lipinski definition) is 4. The zero-order chi connectivity index (χ0) is 10.7. The molecule has 0 atom stereocenters. The van der Waals surface area contributed by atoms with Gasteiger partial charge in [-0.3, -0.25) is 4.98 Å². The molecule has 0 saturated heterocycles. The van der Waals surface area contributed by atoms with Crippen molar-refractivity contribution < 1.29 is 0 Å². The molecule has 4 nitrogen and oxygen atoms in total. The number of nitrogens with two attached hydrogens (primary N) is 1. The number of pyridine rings is 1. The highest BCUT2D eigenvalue weighted by molar-refractivity contribution is 9.10. The average Bonchev–Trinajstić information content (AvgIpc) is 2.30. The van der Waals surface area contributed by atoms with Crippen LogP contribution in [0.5, 0.6) is 0 Å². The number of nitrogens with zero attached hydrogens (tertiary/aromatic N) is 3. The molecule has 15 heavy (non-hydrogen) atoms. The van der Waals surface area contributed by atoms with Crippen LogP contribution in [0, 0.1) is 0 Å². The van der Waals surface area contributed by atoms with E-state index in [1.165, 1.54) is 0 Å². The van der Waals surface area contributed by atoms with Crippen LogP contribution in [0.15, 0.2) is 35.1 Å². The summed E-state index contributed by atoms with van der Waals surface area (Å²) in [6, 6.07) is 5.54. The SMILES string of the molecule is NCc1ccnc(-c2ncccc2Br)n1. The van der Waals surface area contributed by atoms with Gasteiger partial charge in [-0.15, -0.1) is 0 Å². The summed E-state index contributed by atoms with van der Waals surface area (Å²) < 4.78 is 0.874. The maximum Gasteiger partial charge on any atom is 0.179 e. The minimum absolute atomic E-state index is 0.403. The second kappa shape index (κ2) is 4.46. The van der Waals surface area contributed by atoms with Crippen LogP contribution in [0.25, 0.3) is 11.5 Å². The van der Waals surface area contributed by atoms with Gasteiger partial charge in [-0.2, -0.15) is 0 Å². The van der Waals surface area contributed by atoms with Crippen LogP contribution in [0.1, 0.15) is 5.69 Å². The van der Waals surface area contributed by atoms with E-state index < -0.39 is 0 Å². The first-order chi connectivity index (χ1) is 7.31. The van der Waals surface area contributed by atoms with Crippen LogP contribution < -0.4 is 5.73 Å². The Balaban J connectivity index is 2.49. The van der Waals surface area contributed by atoms with Crippen LogP contribution in [0.3, 0.4) is 0 Å². The van der Waals surface area contributed by atoms with Gasteiger partial charge in [0, 0.05) is 23.4 Å². The number of rotatable bonds is 2. The summed E-state index contributed by atoms with van der Waals surface area (Å²) in [5, 5.41) is 0. The average molecular weight is 265 g/mol. The van der Waals surface area contributed by atoms with Gasteiger partial charge in [-0.25, -0.2) is 9.97 Å². The molecule has 2 aromatic rings. The molecule has 0 aromatic carbocycles. The van der Waals surface area contributed by atoms with E-state index in [2.05, 4.69) is 30.9 Å². The third kappa shape index (κ3) is 2.19. The lowest BCUT2D eigenvalue weighted by Crippen LogP contribution is -2.02. The van der Waals surface area contributed by atoms with Crippen LogP contribution in [0.4, 0.5) is 0 Å². The molecular formula is C10H9BrN4. The Bertz CT molecular complexity index is 472. The molecule has 0 fully saturated rings. The van der Waals surface area contributed by atoms with Crippen molar-refractivity contribution in [2.45, 2.75) is 6.54 Å². The van der Waals surface area contributed by atoms with Gasteiger partial charge in [-0.1, -0.05) is 0 Å². The molecule has 0 radical (unpaired) electrons. The van der Waals surface area contributed by atoms with Gasteiger partial charge in [-0.05, 0) is 34.1 Å². The standard InChI is InChI=1S/C10H9BrN4/c11-8-2-1-4-13-9(8)10-14-5-3-7(6-12)15-10/h1-5H,6,12H2. The third-order valence-corrected chi connectivity index (χ3v) is 2.53. The van der Waals surface area contributed by atoms with Crippen molar-refractivity contribution in [2.75, 3.05) is 0 Å². The lowest BCUT2D eigenvalue weighted by Gasteiger charge is -2.02. The highest BCUT2D eigenvalue weighted by Gasteiger charge is 2.06. The topological polar surface area (TPSA) is 64.7 Å². The molecule has 2 rings (SSSR count). The molecule has 0 unspecified atom stereocenters. The van der Waals surface area contributed by atoms with Crippen molar-refractivity contribution in [1.29, 1.82) is 0 Å². The highest BCUT2D eigenvalue weighted by Crippen LogP contribution is 2.21. The van der Waals surface area contributed by atoms with Gasteiger partial charge in [0.2, 0.25) is 0 Å². The van der Waals surface area contributed by atoms with Gasteiger partial charge in [0.05, 0.1) is 5.69 Å². The van der Waals surface area contributed by atoms with Gasteiger partial charge in [0.25, 0.3) is 0 Å². The molecule has 2 N–H and O–H groups in total. The fourth-order valence-corrected chi connectivity index (χ4v) is 1.61. The van der Waals surface area contributed by atoms with E-state index in [1.807, 2.05) is 12.1 Å².